The molecule has 6 heteroatoms. The molecule has 0 aliphatic rings. The van der Waals surface area contributed by atoms with E-state index in [9.17, 15) is 4.79 Å². The van der Waals surface area contributed by atoms with Crippen LogP contribution in [0.4, 0.5) is 17.1 Å². The number of unbranched alkanes of at least 4 members (excludes halogenated alkanes) is 1. The molecular weight excluding hydrogens is 532 g/mol. The maximum absolute atomic E-state index is 11.3. The number of benzene rings is 4. The molecule has 0 aliphatic heterocycles. The minimum atomic E-state index is 0.294. The lowest BCUT2D eigenvalue weighted by Gasteiger charge is -2.25. The van der Waals surface area contributed by atoms with E-state index in [1.807, 2.05) is 29.1 Å². The van der Waals surface area contributed by atoms with Gasteiger partial charge in [-0.3, -0.25) is 4.79 Å². The molecule has 0 spiro atoms. The summed E-state index contributed by atoms with van der Waals surface area (Å²) in [5.74, 6) is 1.42. The Morgan fingerprint density at radius 3 is 1.93 bits per heavy atom. The van der Waals surface area contributed by atoms with Gasteiger partial charge in [-0.25, -0.2) is 0 Å². The molecule has 0 bridgehead atoms. The fourth-order valence-corrected chi connectivity index (χ4v) is 5.65. The second-order valence-electron chi connectivity index (χ2n) is 10.9. The molecule has 216 valence electrons. The standard InChI is InChI=1S/C37H36N4O2/c1-3-5-12-27(4-2)25-40-38-36-33(22-23-34(37(36)39-40)35-24-21-32(26-42)43-35)28-17-19-31(20-18-28)41(29-13-8-6-9-14-29)30-15-10-7-11-16-30/h6-11,13-24,26-27H,3-5,12,25H2,1-2H3. The van der Waals surface area contributed by atoms with E-state index in [-0.39, 0.29) is 0 Å². The van der Waals surface area contributed by atoms with Crippen LogP contribution >= 0.6 is 0 Å². The third-order valence-corrected chi connectivity index (χ3v) is 8.02. The lowest BCUT2D eigenvalue weighted by Crippen LogP contribution is -2.12. The van der Waals surface area contributed by atoms with Gasteiger partial charge in [-0.1, -0.05) is 87.7 Å². The molecule has 1 unspecified atom stereocenters. The Bertz CT molecular complexity index is 1750. The Morgan fingerprint density at radius 2 is 1.35 bits per heavy atom. The summed E-state index contributed by atoms with van der Waals surface area (Å²) in [6.45, 7) is 5.23. The van der Waals surface area contributed by atoms with Gasteiger partial charge in [0.25, 0.3) is 0 Å². The van der Waals surface area contributed by atoms with E-state index in [4.69, 9.17) is 14.6 Å². The molecule has 43 heavy (non-hydrogen) atoms. The summed E-state index contributed by atoms with van der Waals surface area (Å²) in [7, 11) is 0. The highest BCUT2D eigenvalue weighted by Crippen LogP contribution is 2.38. The summed E-state index contributed by atoms with van der Waals surface area (Å²) in [6.07, 6.45) is 5.34. The van der Waals surface area contributed by atoms with Crippen molar-refractivity contribution in [2.45, 2.75) is 46.1 Å². The van der Waals surface area contributed by atoms with Crippen LogP contribution in [0.5, 0.6) is 0 Å². The number of carbonyl (C=O) groups excluding carboxylic acids is 1. The van der Waals surface area contributed by atoms with E-state index in [1.165, 1.54) is 12.8 Å². The van der Waals surface area contributed by atoms with Gasteiger partial charge in [0, 0.05) is 28.2 Å². The number of nitrogens with zero attached hydrogens (tertiary/aromatic N) is 4. The number of hydrogen-bond acceptors (Lipinski definition) is 5. The summed E-state index contributed by atoms with van der Waals surface area (Å²) >= 11 is 0. The van der Waals surface area contributed by atoms with Crippen LogP contribution in [0.1, 0.15) is 50.1 Å². The zero-order chi connectivity index (χ0) is 29.6. The molecule has 4 aromatic carbocycles. The Hall–Kier alpha value is -4.97. The molecular formula is C37H36N4O2. The smallest absolute Gasteiger partial charge is 0.185 e. The van der Waals surface area contributed by atoms with Crippen LogP contribution in [-0.4, -0.2) is 21.3 Å². The van der Waals surface area contributed by atoms with Crippen molar-refractivity contribution in [1.82, 2.24) is 15.0 Å². The number of aldehydes is 1. The monoisotopic (exact) mass is 568 g/mol. The van der Waals surface area contributed by atoms with Gasteiger partial charge >= 0.3 is 0 Å². The van der Waals surface area contributed by atoms with Crippen LogP contribution in [0.15, 0.2) is 114 Å². The van der Waals surface area contributed by atoms with Crippen LogP contribution in [-0.2, 0) is 6.54 Å². The van der Waals surface area contributed by atoms with E-state index < -0.39 is 0 Å². The maximum atomic E-state index is 11.3. The average Bonchev–Trinajstić information content (AvgIpc) is 3.72. The molecule has 6 nitrogen and oxygen atoms in total. The first-order chi connectivity index (χ1) is 21.2. The van der Waals surface area contributed by atoms with Crippen molar-refractivity contribution in [1.29, 1.82) is 0 Å². The van der Waals surface area contributed by atoms with Gasteiger partial charge in [0.05, 0.1) is 6.54 Å². The van der Waals surface area contributed by atoms with Crippen molar-refractivity contribution < 1.29 is 9.21 Å². The van der Waals surface area contributed by atoms with E-state index in [2.05, 4.69) is 97.6 Å². The molecule has 0 radical (unpaired) electrons. The van der Waals surface area contributed by atoms with Gasteiger partial charge in [-0.2, -0.15) is 15.0 Å². The summed E-state index contributed by atoms with van der Waals surface area (Å²) < 4.78 is 5.81. The van der Waals surface area contributed by atoms with Crippen molar-refractivity contribution in [3.05, 3.63) is 115 Å². The average molecular weight is 569 g/mol. The Kier molecular flexibility index (Phi) is 8.45. The normalized spacial score (nSPS) is 12.0. The maximum Gasteiger partial charge on any atom is 0.185 e. The summed E-state index contributed by atoms with van der Waals surface area (Å²) in [6, 6.07) is 37.0. The molecule has 0 saturated heterocycles. The van der Waals surface area contributed by atoms with Gasteiger partial charge < -0.3 is 9.32 Å². The van der Waals surface area contributed by atoms with E-state index in [0.29, 0.717) is 17.4 Å². The SMILES string of the molecule is CCCCC(CC)Cn1nc2c(-c3ccc(N(c4ccccc4)c4ccccc4)cc3)ccc(-c3ccc(C=O)o3)c2n1. The quantitative estimate of drug-likeness (QED) is 0.137. The number of para-hydroxylation sites is 2. The van der Waals surface area contributed by atoms with Crippen molar-refractivity contribution >= 4 is 34.4 Å². The van der Waals surface area contributed by atoms with Crippen LogP contribution in [0, 0.1) is 5.92 Å². The van der Waals surface area contributed by atoms with E-state index >= 15 is 0 Å². The molecule has 6 aromatic rings. The second-order valence-corrected chi connectivity index (χ2v) is 10.9. The first-order valence-corrected chi connectivity index (χ1v) is 15.1. The zero-order valence-corrected chi connectivity index (χ0v) is 24.7. The molecule has 6 rings (SSSR count). The largest absolute Gasteiger partial charge is 0.453 e. The molecule has 2 heterocycles. The predicted molar refractivity (Wildman–Crippen MR) is 174 cm³/mol. The fraction of sp³-hybridized carbons (Fsp3) is 0.216. The third-order valence-electron chi connectivity index (χ3n) is 8.02. The molecule has 0 aliphatic carbocycles. The topological polar surface area (TPSA) is 64.2 Å². The Morgan fingerprint density at radius 1 is 0.744 bits per heavy atom. The highest BCUT2D eigenvalue weighted by molar-refractivity contribution is 6.00. The number of carbonyl (C=O) groups is 1. The number of aromatic nitrogens is 3. The van der Waals surface area contributed by atoms with Crippen molar-refractivity contribution in [2.24, 2.45) is 5.92 Å². The molecule has 0 N–H and O–H groups in total. The highest BCUT2D eigenvalue weighted by atomic mass is 16.3. The van der Waals surface area contributed by atoms with E-state index in [0.717, 1.165) is 70.5 Å². The predicted octanol–water partition coefficient (Wildman–Crippen LogP) is 9.86. The van der Waals surface area contributed by atoms with Crippen LogP contribution in [0.25, 0.3) is 33.5 Å². The van der Waals surface area contributed by atoms with Crippen molar-refractivity contribution in [3.8, 4) is 22.5 Å². The zero-order valence-electron chi connectivity index (χ0n) is 24.7. The number of anilines is 3. The van der Waals surface area contributed by atoms with Crippen LogP contribution in [0.3, 0.4) is 0 Å². The first-order valence-electron chi connectivity index (χ1n) is 15.1. The van der Waals surface area contributed by atoms with Gasteiger partial charge in [0.2, 0.25) is 0 Å². The van der Waals surface area contributed by atoms with E-state index in [1.54, 1.807) is 6.07 Å². The second kappa shape index (κ2) is 12.9. The third kappa shape index (κ3) is 6.00. The minimum Gasteiger partial charge on any atom is -0.453 e. The lowest BCUT2D eigenvalue weighted by atomic mass is 10.00. The summed E-state index contributed by atoms with van der Waals surface area (Å²) in [5.41, 5.74) is 7.74. The number of rotatable bonds is 12. The molecule has 0 fully saturated rings. The van der Waals surface area contributed by atoms with Crippen molar-refractivity contribution in [2.75, 3.05) is 4.90 Å². The minimum absolute atomic E-state index is 0.294. The molecule has 0 saturated carbocycles. The number of furan rings is 1. The first kappa shape index (κ1) is 28.2. The molecule has 0 amide bonds. The lowest BCUT2D eigenvalue weighted by molar-refractivity contribution is 0.110. The van der Waals surface area contributed by atoms with Crippen LogP contribution in [0.2, 0.25) is 0 Å². The Labute approximate surface area is 252 Å². The van der Waals surface area contributed by atoms with Gasteiger partial charge in [-0.05, 0) is 72.5 Å². The van der Waals surface area contributed by atoms with Gasteiger partial charge in [0.15, 0.2) is 12.0 Å². The number of hydrogen-bond donors (Lipinski definition) is 0. The fourth-order valence-electron chi connectivity index (χ4n) is 5.65. The molecule has 1 atom stereocenters. The van der Waals surface area contributed by atoms with Crippen LogP contribution < -0.4 is 4.90 Å². The van der Waals surface area contributed by atoms with Gasteiger partial charge in [-0.15, -0.1) is 0 Å². The summed E-state index contributed by atoms with van der Waals surface area (Å²) in [4.78, 5) is 15.4. The van der Waals surface area contributed by atoms with Gasteiger partial charge in [0.1, 0.15) is 16.8 Å². The highest BCUT2D eigenvalue weighted by Gasteiger charge is 2.19. The van der Waals surface area contributed by atoms with Crippen molar-refractivity contribution in [3.63, 3.8) is 0 Å². The Balaban J connectivity index is 1.41. The number of fused-ring (bicyclic) bond motifs is 1. The summed E-state index contributed by atoms with van der Waals surface area (Å²) in [5, 5.41) is 10.0. The molecule has 2 aromatic heterocycles.